The Kier molecular flexibility index (Phi) is 4.71. The molecule has 0 fully saturated rings. The number of rotatable bonds is 1. The third-order valence-electron chi connectivity index (χ3n) is 2.50. The van der Waals surface area contributed by atoms with Gasteiger partial charge in [-0.1, -0.05) is 0 Å². The predicted molar refractivity (Wildman–Crippen MR) is 68.0 cm³/mol. The molecule has 4 heteroatoms. The van der Waals surface area contributed by atoms with Crippen molar-refractivity contribution in [2.75, 3.05) is 13.1 Å². The summed E-state index contributed by atoms with van der Waals surface area (Å²) in [6.45, 7) is 7.27. The molecule has 0 N–H and O–H groups in total. The van der Waals surface area contributed by atoms with Crippen LogP contribution in [0.3, 0.4) is 0 Å². The van der Waals surface area contributed by atoms with E-state index in [0.717, 1.165) is 19.5 Å². The molecule has 0 aliphatic carbocycles. The Balaban J connectivity index is 2.51. The molecular formula is C12H22NO2Sn. The second-order valence-electron chi connectivity index (χ2n) is 5.41. The van der Waals surface area contributed by atoms with Crippen LogP contribution in [0.25, 0.3) is 0 Å². The van der Waals surface area contributed by atoms with Crippen molar-refractivity contribution >= 4 is 25.9 Å². The number of hydrogen-bond acceptors (Lipinski definition) is 2. The fourth-order valence-electron chi connectivity index (χ4n) is 1.62. The van der Waals surface area contributed by atoms with Gasteiger partial charge in [0.2, 0.25) is 0 Å². The van der Waals surface area contributed by atoms with Crippen molar-refractivity contribution in [2.24, 2.45) is 0 Å². The summed E-state index contributed by atoms with van der Waals surface area (Å²) in [5.41, 5.74) is -0.391. The molecule has 1 aliphatic heterocycles. The molecule has 91 valence electrons. The van der Waals surface area contributed by atoms with Crippen molar-refractivity contribution in [1.82, 2.24) is 4.90 Å². The van der Waals surface area contributed by atoms with E-state index in [0.29, 0.717) is 0 Å². The zero-order chi connectivity index (χ0) is 12.3. The molecule has 1 heterocycles. The third kappa shape index (κ3) is 4.35. The molecule has 16 heavy (non-hydrogen) atoms. The molecule has 0 unspecified atom stereocenters. The van der Waals surface area contributed by atoms with Crippen LogP contribution in [-0.4, -0.2) is 49.4 Å². The van der Waals surface area contributed by atoms with Crippen molar-refractivity contribution in [3.05, 3.63) is 9.67 Å². The van der Waals surface area contributed by atoms with Crippen molar-refractivity contribution in [1.29, 1.82) is 0 Å². The Hall–Kier alpha value is -0.191. The van der Waals surface area contributed by atoms with Gasteiger partial charge in [-0.3, -0.25) is 0 Å². The monoisotopic (exact) mass is 332 g/mol. The molecule has 0 saturated carbocycles. The SMILES string of the molecule is [CH3][Sn]([CH3])[C]1=CCN(C(=O)OC(C)(C)C)CC1. The van der Waals surface area contributed by atoms with Gasteiger partial charge in [-0.05, 0) is 0 Å². The Bertz CT molecular complexity index is 292. The first-order chi connectivity index (χ1) is 7.29. The topological polar surface area (TPSA) is 29.5 Å². The molecule has 1 rings (SSSR count). The molecule has 0 aromatic carbocycles. The van der Waals surface area contributed by atoms with Crippen molar-refractivity contribution in [3.8, 4) is 0 Å². The first-order valence-corrected chi connectivity index (χ1v) is 12.9. The van der Waals surface area contributed by atoms with E-state index in [9.17, 15) is 4.79 Å². The Morgan fingerprint density at radius 3 is 2.44 bits per heavy atom. The van der Waals surface area contributed by atoms with E-state index < -0.39 is 25.4 Å². The van der Waals surface area contributed by atoms with Gasteiger partial charge in [-0.2, -0.15) is 0 Å². The molecule has 1 amide bonds. The van der Waals surface area contributed by atoms with Crippen molar-refractivity contribution in [2.45, 2.75) is 42.7 Å². The van der Waals surface area contributed by atoms with Gasteiger partial charge in [-0.25, -0.2) is 0 Å². The van der Waals surface area contributed by atoms with Crippen molar-refractivity contribution < 1.29 is 9.53 Å². The van der Waals surface area contributed by atoms with Gasteiger partial charge in [-0.15, -0.1) is 0 Å². The van der Waals surface area contributed by atoms with Gasteiger partial charge >= 0.3 is 106 Å². The molecule has 0 bridgehead atoms. The Morgan fingerprint density at radius 2 is 2.06 bits per heavy atom. The van der Waals surface area contributed by atoms with Crippen LogP contribution in [-0.2, 0) is 4.74 Å². The third-order valence-corrected chi connectivity index (χ3v) is 7.47. The Labute approximate surface area is 106 Å². The summed E-state index contributed by atoms with van der Waals surface area (Å²) in [4.78, 5) is 18.3. The normalized spacial score (nSPS) is 17.4. The molecule has 0 spiro atoms. The fraction of sp³-hybridized carbons (Fsp3) is 0.750. The number of amides is 1. The maximum atomic E-state index is 11.8. The quantitative estimate of drug-likeness (QED) is 0.692. The van der Waals surface area contributed by atoms with Crippen LogP contribution in [0.4, 0.5) is 4.79 Å². The number of nitrogens with zero attached hydrogens (tertiary/aromatic N) is 1. The number of ether oxygens (including phenoxy) is 1. The fourth-order valence-corrected chi connectivity index (χ4v) is 4.79. The average Bonchev–Trinajstić information content (AvgIpc) is 2.15. The van der Waals surface area contributed by atoms with Crippen LogP contribution >= 0.6 is 0 Å². The van der Waals surface area contributed by atoms with Crippen LogP contribution in [0.2, 0.25) is 9.88 Å². The summed E-state index contributed by atoms with van der Waals surface area (Å²) in [5, 5.41) is 0. The zero-order valence-electron chi connectivity index (χ0n) is 11.0. The molecule has 0 atom stereocenters. The van der Waals surface area contributed by atoms with Crippen LogP contribution in [0.1, 0.15) is 27.2 Å². The van der Waals surface area contributed by atoms with Crippen LogP contribution in [0, 0.1) is 0 Å². The summed E-state index contributed by atoms with van der Waals surface area (Å²) in [7, 11) is 0. The molecule has 1 aliphatic rings. The molecule has 0 aromatic rings. The standard InChI is InChI=1S/C10H16NO2.2CH3.Sn/c1-10(2,3)13-9(12)11-7-5-4-6-8-11;;;/h5H,6-8H2,1-3H3;2*1H3;. The molecule has 3 nitrogen and oxygen atoms in total. The first-order valence-electron chi connectivity index (χ1n) is 5.77. The van der Waals surface area contributed by atoms with E-state index >= 15 is 0 Å². The van der Waals surface area contributed by atoms with Gasteiger partial charge in [0.25, 0.3) is 0 Å². The summed E-state index contributed by atoms with van der Waals surface area (Å²) in [6, 6.07) is 0. The number of carbonyl (C=O) groups excluding carboxylic acids is 1. The minimum absolute atomic E-state index is 0.180. The summed E-state index contributed by atoms with van der Waals surface area (Å²) in [6.07, 6.45) is 3.11. The summed E-state index contributed by atoms with van der Waals surface area (Å²) in [5.74, 6) is 0. The molecule has 1 radical (unpaired) electrons. The predicted octanol–water partition coefficient (Wildman–Crippen LogP) is 2.85. The second kappa shape index (κ2) is 5.43. The van der Waals surface area contributed by atoms with Crippen LogP contribution in [0.15, 0.2) is 9.67 Å². The van der Waals surface area contributed by atoms with E-state index in [1.165, 1.54) is 0 Å². The van der Waals surface area contributed by atoms with Gasteiger partial charge in [0.05, 0.1) is 0 Å². The molecular weight excluding hydrogens is 309 g/mol. The van der Waals surface area contributed by atoms with Gasteiger partial charge < -0.3 is 0 Å². The minimum atomic E-state index is -1.19. The van der Waals surface area contributed by atoms with Gasteiger partial charge in [0.15, 0.2) is 0 Å². The van der Waals surface area contributed by atoms with Crippen LogP contribution < -0.4 is 0 Å². The molecule has 0 saturated heterocycles. The Morgan fingerprint density at radius 1 is 1.44 bits per heavy atom. The first kappa shape index (κ1) is 13.9. The van der Waals surface area contributed by atoms with Gasteiger partial charge in [0.1, 0.15) is 0 Å². The van der Waals surface area contributed by atoms with E-state index in [-0.39, 0.29) is 6.09 Å². The molecule has 0 aromatic heterocycles. The number of carbonyl (C=O) groups is 1. The second-order valence-corrected chi connectivity index (χ2v) is 12.9. The summed E-state index contributed by atoms with van der Waals surface area (Å²) < 4.78 is 6.99. The van der Waals surface area contributed by atoms with E-state index in [4.69, 9.17) is 4.74 Å². The average molecular weight is 331 g/mol. The number of hydrogen-bond donors (Lipinski definition) is 0. The van der Waals surface area contributed by atoms with E-state index in [1.807, 2.05) is 20.8 Å². The maximum absolute atomic E-state index is 11.8. The van der Waals surface area contributed by atoms with E-state index in [2.05, 4.69) is 16.0 Å². The van der Waals surface area contributed by atoms with Crippen LogP contribution in [0.5, 0.6) is 0 Å². The zero-order valence-corrected chi connectivity index (χ0v) is 13.8. The van der Waals surface area contributed by atoms with Gasteiger partial charge in [0, 0.05) is 0 Å². The summed E-state index contributed by atoms with van der Waals surface area (Å²) >= 11 is -1.19. The van der Waals surface area contributed by atoms with E-state index in [1.54, 1.807) is 8.49 Å². The van der Waals surface area contributed by atoms with Crippen molar-refractivity contribution in [3.63, 3.8) is 0 Å².